The zero-order valence-corrected chi connectivity index (χ0v) is 14.7. The van der Waals surface area contributed by atoms with E-state index in [2.05, 4.69) is 4.90 Å². The molecule has 0 atom stereocenters. The number of rotatable bonds is 6. The Labute approximate surface area is 146 Å². The molecule has 1 aromatic rings. The molecule has 1 heterocycles. The van der Waals surface area contributed by atoms with E-state index in [1.165, 1.54) is 12.1 Å². The van der Waals surface area contributed by atoms with Crippen LogP contribution in [0.3, 0.4) is 0 Å². The Morgan fingerprint density at radius 1 is 1.20 bits per heavy atom. The van der Waals surface area contributed by atoms with E-state index in [9.17, 15) is 18.0 Å². The van der Waals surface area contributed by atoms with Gasteiger partial charge in [-0.05, 0) is 17.7 Å². The first kappa shape index (κ1) is 19.7. The summed E-state index contributed by atoms with van der Waals surface area (Å²) in [5, 5.41) is 0. The number of hydrogen-bond acceptors (Lipinski definition) is 3. The van der Waals surface area contributed by atoms with Crippen molar-refractivity contribution in [1.29, 1.82) is 0 Å². The summed E-state index contributed by atoms with van der Waals surface area (Å²) in [6.45, 7) is 8.33. The highest BCUT2D eigenvalue weighted by molar-refractivity contribution is 5.78. The monoisotopic (exact) mass is 358 g/mol. The first-order chi connectivity index (χ1) is 11.8. The third kappa shape index (κ3) is 6.01. The Morgan fingerprint density at radius 3 is 2.32 bits per heavy atom. The first-order valence-electron chi connectivity index (χ1n) is 8.52. The number of morpholine rings is 1. The molecular weight excluding hydrogens is 333 g/mol. The summed E-state index contributed by atoms with van der Waals surface area (Å²) in [5.74, 6) is -0.146. The van der Waals surface area contributed by atoms with Gasteiger partial charge in [-0.25, -0.2) is 0 Å². The van der Waals surface area contributed by atoms with E-state index in [0.29, 0.717) is 31.9 Å². The summed E-state index contributed by atoms with van der Waals surface area (Å²) in [4.78, 5) is 16.4. The highest BCUT2D eigenvalue weighted by Crippen LogP contribution is 2.29. The van der Waals surface area contributed by atoms with Gasteiger partial charge in [0.15, 0.2) is 0 Å². The summed E-state index contributed by atoms with van der Waals surface area (Å²) in [6.07, 6.45) is -4.34. The van der Waals surface area contributed by atoms with Gasteiger partial charge in [0, 0.05) is 38.6 Å². The second-order valence-electron chi connectivity index (χ2n) is 6.56. The second-order valence-corrected chi connectivity index (χ2v) is 6.56. The SMILES string of the molecule is CC(C)C(=O)N(CCN1CCOCC1)Cc1ccc(C(F)(F)F)cc1. The number of nitrogens with zero attached hydrogens (tertiary/aromatic N) is 2. The van der Waals surface area contributed by atoms with Crippen LogP contribution in [0.4, 0.5) is 13.2 Å². The van der Waals surface area contributed by atoms with Crippen LogP contribution in [0, 0.1) is 5.92 Å². The number of carbonyl (C=O) groups excluding carboxylic acids is 1. The number of halogens is 3. The van der Waals surface area contributed by atoms with Crippen molar-refractivity contribution in [2.45, 2.75) is 26.6 Å². The fourth-order valence-corrected chi connectivity index (χ4v) is 2.74. The predicted octanol–water partition coefficient (Wildman–Crippen LogP) is 3.02. The third-order valence-corrected chi connectivity index (χ3v) is 4.25. The van der Waals surface area contributed by atoms with Gasteiger partial charge in [-0.1, -0.05) is 26.0 Å². The number of ether oxygens (including phenoxy) is 1. The molecule has 1 saturated heterocycles. The summed E-state index contributed by atoms with van der Waals surface area (Å²) < 4.78 is 43.3. The Hall–Kier alpha value is -1.60. The normalized spacial score (nSPS) is 16.2. The van der Waals surface area contributed by atoms with Crippen LogP contribution >= 0.6 is 0 Å². The van der Waals surface area contributed by atoms with Crippen LogP contribution in [0.15, 0.2) is 24.3 Å². The molecule has 4 nitrogen and oxygen atoms in total. The van der Waals surface area contributed by atoms with Crippen LogP contribution in [0.25, 0.3) is 0 Å². The minimum absolute atomic E-state index is 0.00755. The summed E-state index contributed by atoms with van der Waals surface area (Å²) in [6, 6.07) is 5.01. The Bertz CT molecular complexity index is 552. The van der Waals surface area contributed by atoms with Crippen molar-refractivity contribution in [2.75, 3.05) is 39.4 Å². The van der Waals surface area contributed by atoms with Crippen molar-refractivity contribution in [2.24, 2.45) is 5.92 Å². The van der Waals surface area contributed by atoms with E-state index in [1.54, 1.807) is 4.90 Å². The summed E-state index contributed by atoms with van der Waals surface area (Å²) >= 11 is 0. The average Bonchev–Trinajstić information content (AvgIpc) is 2.58. The molecule has 7 heteroatoms. The first-order valence-corrected chi connectivity index (χ1v) is 8.52. The van der Waals surface area contributed by atoms with Crippen LogP contribution in [-0.4, -0.2) is 55.1 Å². The molecule has 1 aliphatic rings. The highest BCUT2D eigenvalue weighted by Gasteiger charge is 2.30. The van der Waals surface area contributed by atoms with Crippen molar-refractivity contribution in [3.05, 3.63) is 35.4 Å². The second kappa shape index (κ2) is 8.67. The maximum absolute atomic E-state index is 12.7. The molecule has 0 spiro atoms. The molecular formula is C18H25F3N2O2. The standard InChI is InChI=1S/C18H25F3N2O2/c1-14(2)17(24)23(8-7-22-9-11-25-12-10-22)13-15-3-5-16(6-4-15)18(19,20)21/h3-6,14H,7-13H2,1-2H3. The van der Waals surface area contributed by atoms with Crippen LogP contribution in [0.1, 0.15) is 25.0 Å². The van der Waals surface area contributed by atoms with E-state index in [1.807, 2.05) is 13.8 Å². The fourth-order valence-electron chi connectivity index (χ4n) is 2.74. The van der Waals surface area contributed by atoms with Crippen molar-refractivity contribution in [3.8, 4) is 0 Å². The highest BCUT2D eigenvalue weighted by atomic mass is 19.4. The molecule has 0 aliphatic carbocycles. The lowest BCUT2D eigenvalue weighted by Crippen LogP contribution is -2.43. The maximum atomic E-state index is 12.7. The number of carbonyl (C=O) groups is 1. The van der Waals surface area contributed by atoms with Crippen LogP contribution in [0.5, 0.6) is 0 Å². The zero-order valence-electron chi connectivity index (χ0n) is 14.7. The van der Waals surface area contributed by atoms with Crippen LogP contribution < -0.4 is 0 Å². The third-order valence-electron chi connectivity index (χ3n) is 4.25. The summed E-state index contributed by atoms with van der Waals surface area (Å²) in [7, 11) is 0. The van der Waals surface area contributed by atoms with Crippen molar-refractivity contribution in [1.82, 2.24) is 9.80 Å². The molecule has 25 heavy (non-hydrogen) atoms. The van der Waals surface area contributed by atoms with Crippen LogP contribution in [-0.2, 0) is 22.3 Å². The number of benzene rings is 1. The number of amides is 1. The van der Waals surface area contributed by atoms with Gasteiger partial charge in [0.05, 0.1) is 18.8 Å². The van der Waals surface area contributed by atoms with E-state index >= 15 is 0 Å². The molecule has 140 valence electrons. The molecule has 0 N–H and O–H groups in total. The van der Waals surface area contributed by atoms with Gasteiger partial charge in [-0.3, -0.25) is 9.69 Å². The van der Waals surface area contributed by atoms with E-state index < -0.39 is 11.7 Å². The van der Waals surface area contributed by atoms with E-state index in [0.717, 1.165) is 31.8 Å². The Morgan fingerprint density at radius 2 is 1.80 bits per heavy atom. The fraction of sp³-hybridized carbons (Fsp3) is 0.611. The molecule has 1 fully saturated rings. The molecule has 0 unspecified atom stereocenters. The smallest absolute Gasteiger partial charge is 0.379 e. The lowest BCUT2D eigenvalue weighted by Gasteiger charge is -2.31. The molecule has 0 radical (unpaired) electrons. The lowest BCUT2D eigenvalue weighted by molar-refractivity contribution is -0.138. The minimum Gasteiger partial charge on any atom is -0.379 e. The van der Waals surface area contributed by atoms with Gasteiger partial charge >= 0.3 is 6.18 Å². The minimum atomic E-state index is -4.34. The number of alkyl halides is 3. The van der Waals surface area contributed by atoms with Gasteiger partial charge in [-0.15, -0.1) is 0 Å². The van der Waals surface area contributed by atoms with E-state index in [4.69, 9.17) is 4.74 Å². The largest absolute Gasteiger partial charge is 0.416 e. The molecule has 1 aliphatic heterocycles. The molecule has 0 saturated carbocycles. The predicted molar refractivity (Wildman–Crippen MR) is 89.0 cm³/mol. The zero-order chi connectivity index (χ0) is 18.4. The van der Waals surface area contributed by atoms with E-state index in [-0.39, 0.29) is 11.8 Å². The van der Waals surface area contributed by atoms with Gasteiger partial charge in [0.25, 0.3) is 0 Å². The molecule has 1 aromatic carbocycles. The molecule has 0 aromatic heterocycles. The Kier molecular flexibility index (Phi) is 6.84. The summed E-state index contributed by atoms with van der Waals surface area (Å²) in [5.41, 5.74) is 0.0234. The van der Waals surface area contributed by atoms with Crippen molar-refractivity contribution in [3.63, 3.8) is 0 Å². The molecule has 1 amide bonds. The molecule has 2 rings (SSSR count). The van der Waals surface area contributed by atoms with Gasteiger partial charge in [0.1, 0.15) is 0 Å². The van der Waals surface area contributed by atoms with Gasteiger partial charge in [-0.2, -0.15) is 13.2 Å². The Balaban J connectivity index is 2.01. The maximum Gasteiger partial charge on any atom is 0.416 e. The average molecular weight is 358 g/mol. The quantitative estimate of drug-likeness (QED) is 0.784. The topological polar surface area (TPSA) is 32.8 Å². The van der Waals surface area contributed by atoms with Gasteiger partial charge in [0.2, 0.25) is 5.91 Å². The molecule has 0 bridgehead atoms. The number of hydrogen-bond donors (Lipinski definition) is 0. The van der Waals surface area contributed by atoms with Crippen molar-refractivity contribution >= 4 is 5.91 Å². The van der Waals surface area contributed by atoms with Crippen LogP contribution in [0.2, 0.25) is 0 Å². The van der Waals surface area contributed by atoms with Gasteiger partial charge < -0.3 is 9.64 Å². The van der Waals surface area contributed by atoms with Crippen molar-refractivity contribution < 1.29 is 22.7 Å². The lowest BCUT2D eigenvalue weighted by atomic mass is 10.1.